The molecule has 0 radical (unpaired) electrons. The van der Waals surface area contributed by atoms with E-state index in [9.17, 15) is 5.11 Å². The van der Waals surface area contributed by atoms with Gasteiger partial charge >= 0.3 is 0 Å². The van der Waals surface area contributed by atoms with Crippen molar-refractivity contribution in [2.75, 3.05) is 13.7 Å². The van der Waals surface area contributed by atoms with Crippen molar-refractivity contribution in [3.05, 3.63) is 23.8 Å². The molecule has 1 unspecified atom stereocenters. The summed E-state index contributed by atoms with van der Waals surface area (Å²) in [6, 6.07) is 5.64. The summed E-state index contributed by atoms with van der Waals surface area (Å²) in [5.41, 5.74) is 6.62. The van der Waals surface area contributed by atoms with Crippen LogP contribution in [0.4, 0.5) is 0 Å². The van der Waals surface area contributed by atoms with Crippen molar-refractivity contribution in [1.29, 1.82) is 0 Å². The molecule has 1 aliphatic rings. The fraction of sp³-hybridized carbons (Fsp3) is 0.625. The molecule has 1 saturated carbocycles. The number of hydrogen-bond acceptors (Lipinski definition) is 4. The molecule has 0 aliphatic heterocycles. The summed E-state index contributed by atoms with van der Waals surface area (Å²) < 4.78 is 11.0. The quantitative estimate of drug-likeness (QED) is 0.805. The molecule has 3 N–H and O–H groups in total. The van der Waals surface area contributed by atoms with Crippen LogP contribution in [-0.2, 0) is 6.54 Å². The van der Waals surface area contributed by atoms with Crippen molar-refractivity contribution >= 4 is 0 Å². The van der Waals surface area contributed by atoms with Crippen molar-refractivity contribution < 1.29 is 14.6 Å². The van der Waals surface area contributed by atoms with Gasteiger partial charge in [-0.25, -0.2) is 0 Å². The minimum Gasteiger partial charge on any atom is -0.493 e. The van der Waals surface area contributed by atoms with E-state index in [1.165, 1.54) is 25.7 Å². The Morgan fingerprint density at radius 2 is 2.05 bits per heavy atom. The minimum absolute atomic E-state index is 0.306. The van der Waals surface area contributed by atoms with E-state index in [-0.39, 0.29) is 0 Å². The molecule has 20 heavy (non-hydrogen) atoms. The van der Waals surface area contributed by atoms with Gasteiger partial charge in [0.2, 0.25) is 0 Å². The SMILES string of the molecule is COc1ccc(CN)cc1OCC(O)CC1CCCC1. The predicted octanol–water partition coefficient (Wildman–Crippen LogP) is 2.47. The van der Waals surface area contributed by atoms with Crippen LogP contribution in [0.2, 0.25) is 0 Å². The zero-order valence-corrected chi connectivity index (χ0v) is 12.2. The normalized spacial score (nSPS) is 17.1. The van der Waals surface area contributed by atoms with Gasteiger partial charge in [-0.15, -0.1) is 0 Å². The lowest BCUT2D eigenvalue weighted by molar-refractivity contribution is 0.0841. The topological polar surface area (TPSA) is 64.7 Å². The first kappa shape index (κ1) is 15.1. The second-order valence-electron chi connectivity index (χ2n) is 5.54. The lowest BCUT2D eigenvalue weighted by atomic mass is 10.0. The number of aliphatic hydroxyl groups excluding tert-OH is 1. The molecule has 0 bridgehead atoms. The first-order valence-electron chi connectivity index (χ1n) is 7.40. The van der Waals surface area contributed by atoms with Crippen molar-refractivity contribution in [3.8, 4) is 11.5 Å². The molecule has 0 heterocycles. The van der Waals surface area contributed by atoms with E-state index in [1.807, 2.05) is 18.2 Å². The predicted molar refractivity (Wildman–Crippen MR) is 79.0 cm³/mol. The highest BCUT2D eigenvalue weighted by Gasteiger charge is 2.19. The lowest BCUT2D eigenvalue weighted by Gasteiger charge is -2.17. The average Bonchev–Trinajstić information content (AvgIpc) is 2.97. The Kier molecular flexibility index (Phi) is 5.68. The highest BCUT2D eigenvalue weighted by Crippen LogP contribution is 2.30. The van der Waals surface area contributed by atoms with Gasteiger partial charge in [-0.1, -0.05) is 31.7 Å². The smallest absolute Gasteiger partial charge is 0.161 e. The van der Waals surface area contributed by atoms with Gasteiger partial charge in [-0.05, 0) is 30.0 Å². The summed E-state index contributed by atoms with van der Waals surface area (Å²) in [5, 5.41) is 10.1. The Morgan fingerprint density at radius 1 is 1.30 bits per heavy atom. The molecule has 1 aromatic rings. The molecule has 4 nitrogen and oxygen atoms in total. The monoisotopic (exact) mass is 279 g/mol. The van der Waals surface area contributed by atoms with E-state index in [0.29, 0.717) is 30.6 Å². The van der Waals surface area contributed by atoms with Gasteiger partial charge in [-0.2, -0.15) is 0 Å². The van der Waals surface area contributed by atoms with Gasteiger partial charge in [0, 0.05) is 6.54 Å². The fourth-order valence-electron chi connectivity index (χ4n) is 2.85. The standard InChI is InChI=1S/C16H25NO3/c1-19-15-7-6-13(10-17)9-16(15)20-11-14(18)8-12-4-2-3-5-12/h6-7,9,12,14,18H,2-5,8,10-11,17H2,1H3. The summed E-state index contributed by atoms with van der Waals surface area (Å²) in [6.45, 7) is 0.770. The Hall–Kier alpha value is -1.26. The van der Waals surface area contributed by atoms with Gasteiger partial charge < -0.3 is 20.3 Å². The van der Waals surface area contributed by atoms with Crippen LogP contribution in [0.1, 0.15) is 37.7 Å². The van der Waals surface area contributed by atoms with Crippen LogP contribution in [0.15, 0.2) is 18.2 Å². The second-order valence-corrected chi connectivity index (χ2v) is 5.54. The Labute approximate surface area is 120 Å². The highest BCUT2D eigenvalue weighted by atomic mass is 16.5. The van der Waals surface area contributed by atoms with Crippen LogP contribution in [0, 0.1) is 5.92 Å². The van der Waals surface area contributed by atoms with Crippen LogP contribution < -0.4 is 15.2 Å². The third-order valence-corrected chi connectivity index (χ3v) is 3.98. The van der Waals surface area contributed by atoms with E-state index in [4.69, 9.17) is 15.2 Å². The molecular formula is C16H25NO3. The number of aliphatic hydroxyl groups is 1. The summed E-state index contributed by atoms with van der Waals surface area (Å²) in [6.07, 6.45) is 5.49. The number of methoxy groups -OCH3 is 1. The maximum absolute atomic E-state index is 10.1. The third kappa shape index (κ3) is 4.12. The summed E-state index contributed by atoms with van der Waals surface area (Å²) in [5.74, 6) is 1.99. The van der Waals surface area contributed by atoms with E-state index in [1.54, 1.807) is 7.11 Å². The molecule has 0 aromatic heterocycles. The molecule has 1 aromatic carbocycles. The lowest BCUT2D eigenvalue weighted by Crippen LogP contribution is -2.20. The summed E-state index contributed by atoms with van der Waals surface area (Å²) in [4.78, 5) is 0. The van der Waals surface area contributed by atoms with Crippen molar-refractivity contribution in [2.45, 2.75) is 44.8 Å². The van der Waals surface area contributed by atoms with Crippen LogP contribution in [0.25, 0.3) is 0 Å². The van der Waals surface area contributed by atoms with E-state index >= 15 is 0 Å². The maximum atomic E-state index is 10.1. The molecule has 0 saturated heterocycles. The average molecular weight is 279 g/mol. The molecule has 4 heteroatoms. The van der Waals surface area contributed by atoms with E-state index < -0.39 is 6.10 Å². The Bertz CT molecular complexity index is 416. The number of rotatable bonds is 7. The van der Waals surface area contributed by atoms with E-state index in [2.05, 4.69) is 0 Å². The number of benzene rings is 1. The van der Waals surface area contributed by atoms with Crippen molar-refractivity contribution in [3.63, 3.8) is 0 Å². The Morgan fingerprint density at radius 3 is 2.70 bits per heavy atom. The van der Waals surface area contributed by atoms with Gasteiger partial charge in [0.05, 0.1) is 13.2 Å². The third-order valence-electron chi connectivity index (χ3n) is 3.98. The molecule has 1 fully saturated rings. The van der Waals surface area contributed by atoms with Gasteiger partial charge in [0.1, 0.15) is 6.61 Å². The first-order valence-corrected chi connectivity index (χ1v) is 7.40. The highest BCUT2D eigenvalue weighted by molar-refractivity contribution is 5.42. The maximum Gasteiger partial charge on any atom is 0.161 e. The molecule has 0 amide bonds. The molecule has 0 spiro atoms. The van der Waals surface area contributed by atoms with Crippen LogP contribution in [0.3, 0.4) is 0 Å². The zero-order chi connectivity index (χ0) is 14.4. The number of ether oxygens (including phenoxy) is 2. The minimum atomic E-state index is -0.413. The van der Waals surface area contributed by atoms with Gasteiger partial charge in [0.15, 0.2) is 11.5 Å². The first-order chi connectivity index (χ1) is 9.72. The zero-order valence-electron chi connectivity index (χ0n) is 12.2. The fourth-order valence-corrected chi connectivity index (χ4v) is 2.85. The molecule has 112 valence electrons. The molecule has 1 atom stereocenters. The number of nitrogens with two attached hydrogens (primary N) is 1. The molecule has 1 aliphatic carbocycles. The Balaban J connectivity index is 1.88. The number of hydrogen-bond donors (Lipinski definition) is 2. The largest absolute Gasteiger partial charge is 0.493 e. The van der Waals surface area contributed by atoms with Gasteiger partial charge in [0.25, 0.3) is 0 Å². The van der Waals surface area contributed by atoms with Crippen LogP contribution >= 0.6 is 0 Å². The van der Waals surface area contributed by atoms with Crippen LogP contribution in [0.5, 0.6) is 11.5 Å². The summed E-state index contributed by atoms with van der Waals surface area (Å²) >= 11 is 0. The van der Waals surface area contributed by atoms with Crippen LogP contribution in [-0.4, -0.2) is 24.9 Å². The van der Waals surface area contributed by atoms with Gasteiger partial charge in [-0.3, -0.25) is 0 Å². The van der Waals surface area contributed by atoms with E-state index in [0.717, 1.165) is 12.0 Å². The molecule has 2 rings (SSSR count). The second kappa shape index (κ2) is 7.50. The van der Waals surface area contributed by atoms with Crippen molar-refractivity contribution in [1.82, 2.24) is 0 Å². The van der Waals surface area contributed by atoms with Crippen molar-refractivity contribution in [2.24, 2.45) is 11.7 Å². The molecular weight excluding hydrogens is 254 g/mol. The summed E-state index contributed by atoms with van der Waals surface area (Å²) in [7, 11) is 1.61.